The maximum Gasteiger partial charge on any atom is 0.356 e. The van der Waals surface area contributed by atoms with Crippen LogP contribution in [0.15, 0.2) is 173 Å². The van der Waals surface area contributed by atoms with Gasteiger partial charge < -0.3 is 20.2 Å². The lowest BCUT2D eigenvalue weighted by Crippen LogP contribution is -2.71. The number of alkyl halides is 1. The van der Waals surface area contributed by atoms with Crippen molar-refractivity contribution in [2.24, 2.45) is 5.16 Å². The smallest absolute Gasteiger partial charge is 0.356 e. The molecule has 1 fully saturated rings. The number of oxime groups is 1. The van der Waals surface area contributed by atoms with Gasteiger partial charge in [0.2, 0.25) is 0 Å². The van der Waals surface area contributed by atoms with E-state index in [9.17, 15) is 14.4 Å². The number of aromatic nitrogens is 1. The van der Waals surface area contributed by atoms with Gasteiger partial charge in [0.1, 0.15) is 34.4 Å². The monoisotopic (exact) mass is 959 g/mol. The van der Waals surface area contributed by atoms with Crippen LogP contribution < -0.4 is 10.6 Å². The summed E-state index contributed by atoms with van der Waals surface area (Å²) in [5, 5.41) is 12.7. The predicted molar refractivity (Wildman–Crippen MR) is 249 cm³/mol. The first-order chi connectivity index (χ1) is 29.8. The number of carbonyl (C=O) groups excluding carboxylic acids is 3. The van der Waals surface area contributed by atoms with Gasteiger partial charge in [0.15, 0.2) is 16.9 Å². The molecule has 8 rings (SSSR count). The Hall–Kier alpha value is -5.77. The van der Waals surface area contributed by atoms with Crippen molar-refractivity contribution >= 4 is 74.3 Å². The molecule has 1 aromatic heterocycles. The van der Waals surface area contributed by atoms with Crippen LogP contribution in [0.1, 0.15) is 53.5 Å². The lowest BCUT2D eigenvalue weighted by atomic mass is 9.77. The molecular weight excluding hydrogens is 918 g/mol. The number of thioether (sulfide) groups is 1. The van der Waals surface area contributed by atoms with Gasteiger partial charge in [0.25, 0.3) is 11.8 Å². The molecule has 0 saturated carbocycles. The third-order valence-electron chi connectivity index (χ3n) is 10.3. The largest absolute Gasteiger partial charge is 0.448 e. The van der Waals surface area contributed by atoms with Gasteiger partial charge >= 0.3 is 5.97 Å². The van der Waals surface area contributed by atoms with Crippen LogP contribution in [-0.2, 0) is 29.5 Å². The molecule has 2 aliphatic heterocycles. The summed E-state index contributed by atoms with van der Waals surface area (Å²) in [5.41, 5.74) is 4.96. The molecule has 308 valence electrons. The summed E-state index contributed by atoms with van der Waals surface area (Å²) in [6, 6.07) is 48.6. The molecule has 2 amide bonds. The fraction of sp³-hybridized carbons (Fsp3) is 0.188. The molecule has 0 aliphatic carbocycles. The molecule has 2 atom stereocenters. The van der Waals surface area contributed by atoms with Gasteiger partial charge in [0, 0.05) is 15.6 Å². The minimum atomic E-state index is -0.933. The third kappa shape index (κ3) is 8.72. The van der Waals surface area contributed by atoms with Crippen LogP contribution in [-0.4, -0.2) is 61.1 Å². The molecule has 1 saturated heterocycles. The molecule has 2 aliphatic rings. The molecule has 3 heterocycles. The highest BCUT2D eigenvalue weighted by Gasteiger charge is 2.55. The number of fused-ring (bicyclic) bond motifs is 1. The van der Waals surface area contributed by atoms with Gasteiger partial charge in [-0.2, -0.15) is 0 Å². The van der Waals surface area contributed by atoms with E-state index in [4.69, 9.17) is 14.6 Å². The van der Waals surface area contributed by atoms with E-state index in [2.05, 4.69) is 74.8 Å². The summed E-state index contributed by atoms with van der Waals surface area (Å²) in [4.78, 5) is 54.6. The Balaban J connectivity index is 1.05. The van der Waals surface area contributed by atoms with Gasteiger partial charge in [-0.05, 0) is 47.2 Å². The van der Waals surface area contributed by atoms with Crippen molar-refractivity contribution in [2.45, 2.75) is 43.0 Å². The number of rotatable bonds is 15. The summed E-state index contributed by atoms with van der Waals surface area (Å²) in [6.45, 7) is 3.62. The Kier molecular flexibility index (Phi) is 13.0. The Morgan fingerprint density at radius 1 is 0.820 bits per heavy atom. The van der Waals surface area contributed by atoms with Crippen molar-refractivity contribution in [1.82, 2.24) is 15.2 Å². The minimum Gasteiger partial charge on any atom is -0.448 e. The molecular formula is C48H42IN5O5S2. The second-order valence-electron chi connectivity index (χ2n) is 14.7. The van der Waals surface area contributed by atoms with Crippen LogP contribution in [0, 0.1) is 0 Å². The molecule has 10 nitrogen and oxygen atoms in total. The highest BCUT2D eigenvalue weighted by atomic mass is 127. The molecule has 0 radical (unpaired) electrons. The summed E-state index contributed by atoms with van der Waals surface area (Å²) < 4.78 is 6.77. The Morgan fingerprint density at radius 2 is 1.33 bits per heavy atom. The highest BCUT2D eigenvalue weighted by molar-refractivity contribution is 14.1. The molecule has 13 heteroatoms. The molecule has 61 heavy (non-hydrogen) atoms. The Bertz CT molecular complexity index is 2400. The zero-order chi connectivity index (χ0) is 42.3. The van der Waals surface area contributed by atoms with E-state index in [1.165, 1.54) is 28.0 Å². The number of halogens is 1. The van der Waals surface area contributed by atoms with E-state index in [1.54, 1.807) is 5.38 Å². The van der Waals surface area contributed by atoms with Crippen LogP contribution in [0.2, 0.25) is 0 Å². The molecule has 2 N–H and O–H groups in total. The number of benzene rings is 5. The fourth-order valence-electron chi connectivity index (χ4n) is 7.48. The number of nitrogens with one attached hydrogen (secondary N) is 2. The third-order valence-corrected chi connectivity index (χ3v) is 13.4. The molecule has 6 aromatic rings. The van der Waals surface area contributed by atoms with Crippen LogP contribution in [0.4, 0.5) is 5.13 Å². The number of esters is 1. The number of β-lactam (4-membered cyclic amide) rings is 1. The number of nitrogens with zero attached hydrogens (tertiary/aromatic N) is 3. The number of hydrogen-bond acceptors (Lipinski definition) is 10. The molecule has 5 aromatic carbocycles. The maximum absolute atomic E-state index is 14.3. The summed E-state index contributed by atoms with van der Waals surface area (Å²) >= 11 is 5.02. The number of anilines is 1. The first-order valence-electron chi connectivity index (χ1n) is 19.8. The normalized spacial score (nSPS) is 16.5. The van der Waals surface area contributed by atoms with Crippen LogP contribution in [0.25, 0.3) is 0 Å². The molecule has 1 unspecified atom stereocenters. The maximum atomic E-state index is 14.3. The summed E-state index contributed by atoms with van der Waals surface area (Å²) in [6.07, 6.45) is -1.02. The lowest BCUT2D eigenvalue weighted by Gasteiger charge is -2.49. The molecule has 0 spiro atoms. The van der Waals surface area contributed by atoms with Crippen molar-refractivity contribution < 1.29 is 24.0 Å². The van der Waals surface area contributed by atoms with Crippen molar-refractivity contribution in [2.75, 3.05) is 15.5 Å². The van der Waals surface area contributed by atoms with Gasteiger partial charge in [0.05, 0.1) is 0 Å². The minimum absolute atomic E-state index is 0.0773. The zero-order valence-corrected chi connectivity index (χ0v) is 37.1. The topological polar surface area (TPSA) is 122 Å². The SMILES string of the molecule is CC(C)ON=C(C(=O)NC1C(=O)N2C(C(=O)OC(c3ccccc3)c3ccccc3)=C(CI)CS[C@@H]12)c1csc(NC(c2ccccc2)(c2ccccc2)c2ccccc2)n1. The first-order valence-corrected chi connectivity index (χ1v) is 23.2. The van der Waals surface area contributed by atoms with Crippen LogP contribution in [0.3, 0.4) is 0 Å². The highest BCUT2D eigenvalue weighted by Crippen LogP contribution is 2.43. The van der Waals surface area contributed by atoms with E-state index in [0.717, 1.165) is 33.4 Å². The van der Waals surface area contributed by atoms with Crippen molar-refractivity contribution in [3.05, 3.63) is 202 Å². The average Bonchev–Trinajstić information content (AvgIpc) is 3.77. The number of amides is 2. The van der Waals surface area contributed by atoms with Crippen molar-refractivity contribution in [3.8, 4) is 0 Å². The number of ether oxygens (including phenoxy) is 1. The number of carbonyl (C=O) groups is 3. The van der Waals surface area contributed by atoms with Gasteiger partial charge in [-0.15, -0.1) is 23.1 Å². The van der Waals surface area contributed by atoms with Gasteiger partial charge in [-0.3, -0.25) is 14.5 Å². The lowest BCUT2D eigenvalue weighted by molar-refractivity contribution is -0.154. The zero-order valence-electron chi connectivity index (χ0n) is 33.3. The van der Waals surface area contributed by atoms with Gasteiger partial charge in [-0.1, -0.05) is 179 Å². The predicted octanol–water partition coefficient (Wildman–Crippen LogP) is 9.10. The van der Waals surface area contributed by atoms with Gasteiger partial charge in [-0.25, -0.2) is 9.78 Å². The van der Waals surface area contributed by atoms with E-state index in [1.807, 2.05) is 129 Å². The van der Waals surface area contributed by atoms with E-state index in [0.29, 0.717) is 15.3 Å². The van der Waals surface area contributed by atoms with E-state index in [-0.39, 0.29) is 23.2 Å². The Labute approximate surface area is 376 Å². The van der Waals surface area contributed by atoms with Crippen LogP contribution >= 0.6 is 45.7 Å². The van der Waals surface area contributed by atoms with E-state index < -0.39 is 40.8 Å². The molecule has 0 bridgehead atoms. The standard InChI is InChI=1S/C48H42IN5O5S2/c1-31(2)59-53-39(38-30-61-47(50-38)52-48(35-22-12-5-13-23-35,36-24-14-6-15-25-36)37-26-16-7-17-27-37)43(55)51-40-44(56)54-41(34(28-49)29-60-45(40)54)46(57)58-42(32-18-8-3-9-19-32)33-20-10-4-11-21-33/h3-27,30-31,40,42,45H,28-29H2,1-2H3,(H,50,52)(H,51,55)/t40?,45-/m0/s1. The average molecular weight is 960 g/mol. The quantitative estimate of drug-likeness (QED) is 0.0199. The van der Waals surface area contributed by atoms with E-state index >= 15 is 0 Å². The number of hydrogen-bond donors (Lipinski definition) is 2. The summed E-state index contributed by atoms with van der Waals surface area (Å²) in [5.74, 6) is -1.16. The van der Waals surface area contributed by atoms with Crippen LogP contribution in [0.5, 0.6) is 0 Å². The second-order valence-corrected chi connectivity index (χ2v) is 17.4. The number of thiazole rings is 1. The summed E-state index contributed by atoms with van der Waals surface area (Å²) in [7, 11) is 0. The van der Waals surface area contributed by atoms with Crippen molar-refractivity contribution in [1.29, 1.82) is 0 Å². The van der Waals surface area contributed by atoms with Crippen molar-refractivity contribution in [3.63, 3.8) is 0 Å². The second kappa shape index (κ2) is 18.9. The fourth-order valence-corrected chi connectivity index (χ4v) is 10.6. The Morgan fingerprint density at radius 3 is 1.82 bits per heavy atom. The first kappa shape index (κ1) is 41.9.